The van der Waals surface area contributed by atoms with E-state index in [9.17, 15) is 19.8 Å². The van der Waals surface area contributed by atoms with Gasteiger partial charge in [-0.2, -0.15) is 0 Å². The lowest BCUT2D eigenvalue weighted by atomic mass is 10.0. The van der Waals surface area contributed by atoms with Crippen molar-refractivity contribution in [2.45, 2.75) is 6.42 Å². The molecule has 0 radical (unpaired) electrons. The number of hydrogen-bond donors (Lipinski definition) is 5. The van der Waals surface area contributed by atoms with E-state index in [2.05, 4.69) is 22.7 Å². The Bertz CT molecular complexity index is 1080. The number of rotatable bonds is 9. The SMILES string of the molecule is C=CC(=O)NCCc1ccc(NNc2cc(C(=O)c3ccccc3)c(O)cc2O)cc1. The molecule has 0 heterocycles. The molecule has 0 aliphatic rings. The molecule has 0 atom stereocenters. The van der Waals surface area contributed by atoms with E-state index < -0.39 is 0 Å². The van der Waals surface area contributed by atoms with Crippen molar-refractivity contribution in [1.82, 2.24) is 5.32 Å². The highest BCUT2D eigenvalue weighted by atomic mass is 16.3. The Hall–Kier alpha value is -4.26. The second kappa shape index (κ2) is 9.98. The number of anilines is 2. The van der Waals surface area contributed by atoms with Crippen molar-refractivity contribution >= 4 is 23.1 Å². The number of phenols is 2. The van der Waals surface area contributed by atoms with Crippen LogP contribution in [0.4, 0.5) is 11.4 Å². The predicted molar refractivity (Wildman–Crippen MR) is 120 cm³/mol. The fourth-order valence-corrected chi connectivity index (χ4v) is 2.90. The van der Waals surface area contributed by atoms with Crippen LogP contribution in [0.15, 0.2) is 79.4 Å². The number of amides is 1. The van der Waals surface area contributed by atoms with Gasteiger partial charge in [0, 0.05) is 18.2 Å². The van der Waals surface area contributed by atoms with Gasteiger partial charge >= 0.3 is 0 Å². The Morgan fingerprint density at radius 2 is 1.61 bits per heavy atom. The second-order valence-electron chi connectivity index (χ2n) is 6.77. The first-order valence-electron chi connectivity index (χ1n) is 9.65. The summed E-state index contributed by atoms with van der Waals surface area (Å²) >= 11 is 0. The number of hydrogen-bond acceptors (Lipinski definition) is 6. The maximum absolute atomic E-state index is 12.7. The van der Waals surface area contributed by atoms with E-state index in [1.807, 2.05) is 24.3 Å². The minimum atomic E-state index is -0.353. The van der Waals surface area contributed by atoms with Gasteiger partial charge < -0.3 is 21.0 Å². The average Bonchev–Trinajstić information content (AvgIpc) is 2.79. The van der Waals surface area contributed by atoms with Crippen molar-refractivity contribution in [3.05, 3.63) is 96.1 Å². The normalized spacial score (nSPS) is 10.2. The molecule has 3 rings (SSSR count). The molecule has 3 aromatic rings. The van der Waals surface area contributed by atoms with Crippen LogP contribution >= 0.6 is 0 Å². The number of phenolic OH excluding ortho intramolecular Hbond substituents is 2. The number of nitrogens with one attached hydrogen (secondary N) is 3. The van der Waals surface area contributed by atoms with Crippen molar-refractivity contribution in [3.63, 3.8) is 0 Å². The molecule has 7 nitrogen and oxygen atoms in total. The summed E-state index contributed by atoms with van der Waals surface area (Å²) in [6.45, 7) is 3.92. The van der Waals surface area contributed by atoms with Gasteiger partial charge in [-0.15, -0.1) is 0 Å². The van der Waals surface area contributed by atoms with E-state index in [0.717, 1.165) is 17.3 Å². The van der Waals surface area contributed by atoms with Crippen LogP contribution in [0.25, 0.3) is 0 Å². The summed E-state index contributed by atoms with van der Waals surface area (Å²) in [6, 6.07) is 18.6. The molecule has 3 aromatic carbocycles. The standard InChI is InChI=1S/C24H23N3O4/c1-2-23(30)25-13-12-16-8-10-18(11-9-16)26-27-20-14-19(21(28)15-22(20)29)24(31)17-6-4-3-5-7-17/h2-11,14-15,26-29H,1,12-13H2,(H,25,30). The zero-order chi connectivity index (χ0) is 22.2. The molecule has 0 saturated heterocycles. The van der Waals surface area contributed by atoms with Crippen LogP contribution in [0, 0.1) is 0 Å². The van der Waals surface area contributed by atoms with Crippen LogP contribution in [-0.2, 0) is 11.2 Å². The van der Waals surface area contributed by atoms with Gasteiger partial charge in [0.15, 0.2) is 5.78 Å². The Morgan fingerprint density at radius 3 is 2.29 bits per heavy atom. The van der Waals surface area contributed by atoms with E-state index in [0.29, 0.717) is 18.5 Å². The molecule has 7 heteroatoms. The van der Waals surface area contributed by atoms with Crippen molar-refractivity contribution < 1.29 is 19.8 Å². The first-order valence-corrected chi connectivity index (χ1v) is 9.65. The van der Waals surface area contributed by atoms with Crippen LogP contribution in [0.1, 0.15) is 21.5 Å². The van der Waals surface area contributed by atoms with Gasteiger partial charge in [-0.3, -0.25) is 15.0 Å². The van der Waals surface area contributed by atoms with Gasteiger partial charge in [0.25, 0.3) is 0 Å². The third-order valence-electron chi connectivity index (χ3n) is 4.59. The molecule has 0 aromatic heterocycles. The zero-order valence-electron chi connectivity index (χ0n) is 16.8. The molecule has 0 bridgehead atoms. The maximum Gasteiger partial charge on any atom is 0.243 e. The van der Waals surface area contributed by atoms with E-state index in [-0.39, 0.29) is 34.4 Å². The molecule has 0 aliphatic carbocycles. The lowest BCUT2D eigenvalue weighted by Crippen LogP contribution is -2.23. The molecule has 0 spiro atoms. The Balaban J connectivity index is 1.65. The number of aromatic hydroxyl groups is 2. The van der Waals surface area contributed by atoms with Gasteiger partial charge in [-0.25, -0.2) is 0 Å². The van der Waals surface area contributed by atoms with Crippen molar-refractivity contribution in [2.24, 2.45) is 0 Å². The monoisotopic (exact) mass is 417 g/mol. The van der Waals surface area contributed by atoms with E-state index in [1.165, 1.54) is 12.1 Å². The van der Waals surface area contributed by atoms with Gasteiger partial charge in [-0.1, -0.05) is 49.0 Å². The highest BCUT2D eigenvalue weighted by molar-refractivity contribution is 6.11. The average molecular weight is 417 g/mol. The number of carbonyl (C=O) groups is 2. The molecule has 0 saturated carbocycles. The summed E-state index contributed by atoms with van der Waals surface area (Å²) in [4.78, 5) is 23.8. The Morgan fingerprint density at radius 1 is 0.903 bits per heavy atom. The predicted octanol–water partition coefficient (Wildman–Crippen LogP) is 3.61. The van der Waals surface area contributed by atoms with Crippen LogP contribution in [0.2, 0.25) is 0 Å². The summed E-state index contributed by atoms with van der Waals surface area (Å²) in [6.07, 6.45) is 1.91. The van der Waals surface area contributed by atoms with Crippen molar-refractivity contribution in [1.29, 1.82) is 0 Å². The topological polar surface area (TPSA) is 111 Å². The summed E-state index contributed by atoms with van der Waals surface area (Å²) in [5, 5.41) is 23.0. The third-order valence-corrected chi connectivity index (χ3v) is 4.59. The first-order chi connectivity index (χ1) is 15.0. The van der Waals surface area contributed by atoms with Gasteiger partial charge in [0.05, 0.1) is 16.9 Å². The molecule has 0 aliphatic heterocycles. The number of ketones is 1. The van der Waals surface area contributed by atoms with Crippen LogP contribution in [0.5, 0.6) is 11.5 Å². The lowest BCUT2D eigenvalue weighted by Gasteiger charge is -2.14. The molecule has 0 fully saturated rings. The van der Waals surface area contributed by atoms with E-state index in [1.54, 1.807) is 30.3 Å². The van der Waals surface area contributed by atoms with Gasteiger partial charge in [0.2, 0.25) is 5.91 Å². The molecule has 31 heavy (non-hydrogen) atoms. The third kappa shape index (κ3) is 5.63. The number of benzene rings is 3. The van der Waals surface area contributed by atoms with Crippen molar-refractivity contribution in [2.75, 3.05) is 17.4 Å². The van der Waals surface area contributed by atoms with Crippen LogP contribution < -0.4 is 16.2 Å². The summed E-state index contributed by atoms with van der Waals surface area (Å²) in [5.74, 6) is -1.07. The minimum Gasteiger partial charge on any atom is -0.507 e. The molecule has 1 amide bonds. The highest BCUT2D eigenvalue weighted by Gasteiger charge is 2.16. The van der Waals surface area contributed by atoms with Crippen LogP contribution in [-0.4, -0.2) is 28.4 Å². The molecular weight excluding hydrogens is 394 g/mol. The zero-order valence-corrected chi connectivity index (χ0v) is 16.8. The maximum atomic E-state index is 12.7. The number of hydrazine groups is 1. The van der Waals surface area contributed by atoms with Gasteiger partial charge in [0.1, 0.15) is 11.5 Å². The molecule has 5 N–H and O–H groups in total. The summed E-state index contributed by atoms with van der Waals surface area (Å²) < 4.78 is 0. The van der Waals surface area contributed by atoms with Crippen LogP contribution in [0.3, 0.4) is 0 Å². The minimum absolute atomic E-state index is 0.0743. The molecular formula is C24H23N3O4. The summed E-state index contributed by atoms with van der Waals surface area (Å²) in [7, 11) is 0. The summed E-state index contributed by atoms with van der Waals surface area (Å²) in [5.41, 5.74) is 8.32. The smallest absolute Gasteiger partial charge is 0.243 e. The lowest BCUT2D eigenvalue weighted by molar-refractivity contribution is -0.116. The highest BCUT2D eigenvalue weighted by Crippen LogP contribution is 2.32. The van der Waals surface area contributed by atoms with Crippen molar-refractivity contribution in [3.8, 4) is 11.5 Å². The fraction of sp³-hybridized carbons (Fsp3) is 0.0833. The Kier molecular flexibility index (Phi) is 6.90. The van der Waals surface area contributed by atoms with E-state index >= 15 is 0 Å². The fourth-order valence-electron chi connectivity index (χ4n) is 2.90. The molecule has 0 unspecified atom stereocenters. The quantitative estimate of drug-likeness (QED) is 0.120. The van der Waals surface area contributed by atoms with Gasteiger partial charge in [-0.05, 0) is 36.3 Å². The van der Waals surface area contributed by atoms with E-state index in [4.69, 9.17) is 0 Å². The number of carbonyl (C=O) groups excluding carboxylic acids is 2. The Labute approximate surface area is 180 Å². The molecule has 158 valence electrons. The largest absolute Gasteiger partial charge is 0.507 e. The first kappa shape index (κ1) is 21.4. The second-order valence-corrected chi connectivity index (χ2v) is 6.77.